The molecule has 2 aliphatic rings. The number of benzene rings is 2. The van der Waals surface area contributed by atoms with Gasteiger partial charge < -0.3 is 14.9 Å². The number of anilines is 1. The number of para-hydroxylation sites is 1. The lowest BCUT2D eigenvalue weighted by molar-refractivity contribution is 0.344. The number of halogens is 1. The molecule has 4 rings (SSSR count). The lowest BCUT2D eigenvalue weighted by atomic mass is 10.1. The minimum absolute atomic E-state index is 0.0993. The third-order valence-electron chi connectivity index (χ3n) is 4.81. The summed E-state index contributed by atoms with van der Waals surface area (Å²) in [5, 5.41) is 11.1. The van der Waals surface area contributed by atoms with E-state index in [1.54, 1.807) is 17.8 Å². The number of fused-ring (bicyclic) bond motifs is 1. The van der Waals surface area contributed by atoms with Crippen molar-refractivity contribution in [2.45, 2.75) is 23.1 Å². The molecule has 3 nitrogen and oxygen atoms in total. The summed E-state index contributed by atoms with van der Waals surface area (Å²) in [6.45, 7) is 4.45. The predicted octanol–water partition coefficient (Wildman–Crippen LogP) is 4.75. The highest BCUT2D eigenvalue weighted by atomic mass is 35.5. The number of hydrogen-bond acceptors (Lipinski definition) is 4. The molecule has 1 fully saturated rings. The number of rotatable bonds is 4. The van der Waals surface area contributed by atoms with Gasteiger partial charge in [0, 0.05) is 28.6 Å². The van der Waals surface area contributed by atoms with Gasteiger partial charge in [-0.1, -0.05) is 41.6 Å². The Kier molecular flexibility index (Phi) is 4.61. The van der Waals surface area contributed by atoms with Crippen molar-refractivity contribution in [1.29, 1.82) is 0 Å². The number of thioether (sulfide) groups is 1. The maximum Gasteiger partial charge on any atom is 0.123 e. The summed E-state index contributed by atoms with van der Waals surface area (Å²) in [5.74, 6) is 0.277. The summed E-state index contributed by atoms with van der Waals surface area (Å²) < 4.78 is 0. The van der Waals surface area contributed by atoms with E-state index < -0.39 is 0 Å². The van der Waals surface area contributed by atoms with Crippen LogP contribution in [-0.4, -0.2) is 36.2 Å². The molecule has 0 radical (unpaired) electrons. The highest BCUT2D eigenvalue weighted by Gasteiger charge is 2.32. The molecule has 2 aromatic carbocycles. The lowest BCUT2D eigenvalue weighted by Gasteiger charge is -2.29. The highest BCUT2D eigenvalue weighted by molar-refractivity contribution is 8.00. The van der Waals surface area contributed by atoms with E-state index in [0.717, 1.165) is 18.7 Å². The van der Waals surface area contributed by atoms with Crippen molar-refractivity contribution >= 4 is 29.1 Å². The van der Waals surface area contributed by atoms with Gasteiger partial charge in [0.05, 0.1) is 5.69 Å². The molecular formula is C19H21ClN2OS. The van der Waals surface area contributed by atoms with Crippen molar-refractivity contribution in [3.8, 4) is 5.75 Å². The van der Waals surface area contributed by atoms with Crippen LogP contribution in [0.15, 0.2) is 47.4 Å². The Morgan fingerprint density at radius 1 is 1.08 bits per heavy atom. The Balaban J connectivity index is 1.62. The van der Waals surface area contributed by atoms with Crippen LogP contribution in [0.1, 0.15) is 23.8 Å². The van der Waals surface area contributed by atoms with E-state index >= 15 is 0 Å². The Morgan fingerprint density at radius 2 is 1.88 bits per heavy atom. The molecule has 0 bridgehead atoms. The van der Waals surface area contributed by atoms with Crippen molar-refractivity contribution in [1.82, 2.24) is 4.90 Å². The van der Waals surface area contributed by atoms with Crippen LogP contribution in [0.3, 0.4) is 0 Å². The molecule has 24 heavy (non-hydrogen) atoms. The second-order valence-corrected chi connectivity index (χ2v) is 7.94. The minimum atomic E-state index is 0.0993. The fourth-order valence-corrected chi connectivity index (χ4v) is 5.10. The predicted molar refractivity (Wildman–Crippen MR) is 101 cm³/mol. The van der Waals surface area contributed by atoms with Gasteiger partial charge in [-0.2, -0.15) is 0 Å². The smallest absolute Gasteiger partial charge is 0.123 e. The fourth-order valence-electron chi connectivity index (χ4n) is 3.55. The van der Waals surface area contributed by atoms with Crippen molar-refractivity contribution < 1.29 is 5.11 Å². The molecule has 0 spiro atoms. The zero-order valence-corrected chi connectivity index (χ0v) is 15.1. The summed E-state index contributed by atoms with van der Waals surface area (Å²) in [6.07, 6.45) is 2.62. The second kappa shape index (κ2) is 6.87. The molecule has 1 saturated heterocycles. The number of nitrogens with zero attached hydrogens (tertiary/aromatic N) is 2. The van der Waals surface area contributed by atoms with E-state index in [0.29, 0.717) is 5.02 Å². The average molecular weight is 361 g/mol. The second-order valence-electron chi connectivity index (χ2n) is 6.38. The molecule has 2 aromatic rings. The number of phenols is 1. The van der Waals surface area contributed by atoms with Gasteiger partial charge in [0.2, 0.25) is 0 Å². The fraction of sp³-hybridized carbons (Fsp3) is 0.368. The van der Waals surface area contributed by atoms with Crippen molar-refractivity contribution in [2.24, 2.45) is 0 Å². The number of hydrogen-bond donors (Lipinski definition) is 1. The summed E-state index contributed by atoms with van der Waals surface area (Å²) in [5.41, 5.74) is 2.20. The average Bonchev–Trinajstić information content (AvgIpc) is 3.20. The van der Waals surface area contributed by atoms with E-state index in [1.807, 2.05) is 12.1 Å². The van der Waals surface area contributed by atoms with Gasteiger partial charge in [0.15, 0.2) is 0 Å². The molecule has 5 heteroatoms. The molecular weight excluding hydrogens is 340 g/mol. The van der Waals surface area contributed by atoms with Crippen LogP contribution in [0, 0.1) is 0 Å². The van der Waals surface area contributed by atoms with Crippen LogP contribution in [0.25, 0.3) is 0 Å². The van der Waals surface area contributed by atoms with Gasteiger partial charge in [0.1, 0.15) is 11.1 Å². The summed E-state index contributed by atoms with van der Waals surface area (Å²) in [4.78, 5) is 6.23. The van der Waals surface area contributed by atoms with Gasteiger partial charge in [-0.3, -0.25) is 0 Å². The van der Waals surface area contributed by atoms with Gasteiger partial charge >= 0.3 is 0 Å². The Bertz CT molecular complexity index is 733. The van der Waals surface area contributed by atoms with Crippen LogP contribution >= 0.6 is 23.4 Å². The first-order chi connectivity index (χ1) is 11.7. The van der Waals surface area contributed by atoms with Gasteiger partial charge in [-0.05, 0) is 50.2 Å². The quantitative estimate of drug-likeness (QED) is 0.851. The molecule has 0 aromatic heterocycles. The number of phenolic OH excluding ortho intramolecular Hbond substituents is 1. The SMILES string of the molecule is Oc1cc(Cl)ccc1C1Sc2ccccc2N1CCN1CCCC1. The Labute approximate surface area is 152 Å². The molecule has 2 heterocycles. The van der Waals surface area contributed by atoms with Crippen molar-refractivity contribution in [2.75, 3.05) is 31.1 Å². The summed E-state index contributed by atoms with van der Waals surface area (Å²) in [6, 6.07) is 14.0. The maximum absolute atomic E-state index is 10.4. The normalized spacial score (nSPS) is 20.5. The zero-order chi connectivity index (χ0) is 16.5. The summed E-state index contributed by atoms with van der Waals surface area (Å²) >= 11 is 7.81. The first kappa shape index (κ1) is 16.1. The van der Waals surface area contributed by atoms with Crippen LogP contribution < -0.4 is 4.90 Å². The molecule has 0 amide bonds. The van der Waals surface area contributed by atoms with E-state index in [-0.39, 0.29) is 11.1 Å². The van der Waals surface area contributed by atoms with E-state index in [4.69, 9.17) is 11.6 Å². The lowest BCUT2D eigenvalue weighted by Crippen LogP contribution is -2.33. The van der Waals surface area contributed by atoms with Crippen molar-refractivity contribution in [3.05, 3.63) is 53.1 Å². The molecule has 1 N–H and O–H groups in total. The highest BCUT2D eigenvalue weighted by Crippen LogP contribution is 2.52. The molecule has 126 valence electrons. The number of aromatic hydroxyl groups is 1. The van der Waals surface area contributed by atoms with E-state index in [2.05, 4.69) is 34.1 Å². The van der Waals surface area contributed by atoms with Crippen LogP contribution in [0.5, 0.6) is 5.75 Å². The third kappa shape index (κ3) is 3.10. The zero-order valence-electron chi connectivity index (χ0n) is 13.5. The van der Waals surface area contributed by atoms with Crippen LogP contribution in [-0.2, 0) is 0 Å². The molecule has 0 saturated carbocycles. The van der Waals surface area contributed by atoms with E-state index in [1.165, 1.54) is 36.5 Å². The molecule has 1 unspecified atom stereocenters. The Hall–Kier alpha value is -1.36. The maximum atomic E-state index is 10.4. The Morgan fingerprint density at radius 3 is 2.67 bits per heavy atom. The number of likely N-dealkylation sites (tertiary alicyclic amines) is 1. The van der Waals surface area contributed by atoms with Gasteiger partial charge in [0.25, 0.3) is 0 Å². The van der Waals surface area contributed by atoms with E-state index in [9.17, 15) is 5.11 Å². The first-order valence-electron chi connectivity index (χ1n) is 8.45. The standard InChI is InChI=1S/C19H21ClN2OS/c20-14-7-8-15(17(23)13-14)19-22(12-11-21-9-3-4-10-21)16-5-1-2-6-18(16)24-19/h1-2,5-8,13,19,23H,3-4,9-12H2. The van der Waals surface area contributed by atoms with Crippen LogP contribution in [0.2, 0.25) is 5.02 Å². The topological polar surface area (TPSA) is 26.7 Å². The summed E-state index contributed by atoms with van der Waals surface area (Å²) in [7, 11) is 0. The van der Waals surface area contributed by atoms with Gasteiger partial charge in [-0.25, -0.2) is 0 Å². The molecule has 1 atom stereocenters. The van der Waals surface area contributed by atoms with Crippen LogP contribution in [0.4, 0.5) is 5.69 Å². The first-order valence-corrected chi connectivity index (χ1v) is 9.71. The van der Waals surface area contributed by atoms with Crippen molar-refractivity contribution in [3.63, 3.8) is 0 Å². The molecule has 0 aliphatic carbocycles. The third-order valence-corrected chi connectivity index (χ3v) is 6.38. The minimum Gasteiger partial charge on any atom is -0.508 e. The largest absolute Gasteiger partial charge is 0.508 e. The van der Waals surface area contributed by atoms with Gasteiger partial charge in [-0.15, -0.1) is 0 Å². The monoisotopic (exact) mass is 360 g/mol. The molecule has 2 aliphatic heterocycles.